The molecule has 2 nitrogen and oxygen atoms in total. The van der Waals surface area contributed by atoms with Gasteiger partial charge >= 0.3 is 6.18 Å². The third-order valence-corrected chi connectivity index (χ3v) is 2.62. The largest absolute Gasteiger partial charge is 0.419 e. The molecule has 0 fully saturated rings. The Morgan fingerprint density at radius 3 is 2.25 bits per heavy atom. The summed E-state index contributed by atoms with van der Waals surface area (Å²) in [6.07, 6.45) is -3.93. The van der Waals surface area contributed by atoms with Crippen molar-refractivity contribution < 1.29 is 26.0 Å². The highest BCUT2D eigenvalue weighted by Gasteiger charge is 2.34. The van der Waals surface area contributed by atoms with Crippen LogP contribution in [0.25, 0.3) is 0 Å². The molecular formula is C9H8F4O2S. The molecule has 0 saturated heterocycles. The third kappa shape index (κ3) is 3.48. The number of rotatable bonds is 2. The summed E-state index contributed by atoms with van der Waals surface area (Å²) in [5.41, 5.74) is -1.54. The molecule has 0 atom stereocenters. The normalized spacial score (nSPS) is 12.8. The molecule has 0 aromatic heterocycles. The van der Waals surface area contributed by atoms with Crippen LogP contribution in [0.1, 0.15) is 11.1 Å². The van der Waals surface area contributed by atoms with Crippen LogP contribution in [0.4, 0.5) is 17.6 Å². The molecule has 0 spiro atoms. The Morgan fingerprint density at radius 1 is 1.25 bits per heavy atom. The van der Waals surface area contributed by atoms with Crippen molar-refractivity contribution in [3.05, 3.63) is 35.1 Å². The fourth-order valence-electron chi connectivity index (χ4n) is 1.18. The molecule has 7 heteroatoms. The quantitative estimate of drug-likeness (QED) is 0.761. The minimum absolute atomic E-state index is 0.0868. The van der Waals surface area contributed by atoms with Gasteiger partial charge in [0.1, 0.15) is 5.82 Å². The van der Waals surface area contributed by atoms with Crippen molar-refractivity contribution in [2.24, 2.45) is 0 Å². The lowest BCUT2D eigenvalue weighted by molar-refractivity contribution is -0.140. The summed E-state index contributed by atoms with van der Waals surface area (Å²) in [7, 11) is -3.44. The van der Waals surface area contributed by atoms with E-state index in [1.54, 1.807) is 0 Å². The summed E-state index contributed by atoms with van der Waals surface area (Å²) in [5, 5.41) is 0. The van der Waals surface area contributed by atoms with E-state index in [4.69, 9.17) is 0 Å². The molecule has 0 heterocycles. The van der Waals surface area contributed by atoms with Crippen LogP contribution in [0.15, 0.2) is 18.2 Å². The molecule has 1 rings (SSSR count). The number of halogens is 4. The zero-order valence-corrected chi connectivity index (χ0v) is 8.99. The Kier molecular flexibility index (Phi) is 3.27. The molecule has 0 bridgehead atoms. The number of benzene rings is 1. The first-order valence-corrected chi connectivity index (χ1v) is 6.19. The lowest BCUT2D eigenvalue weighted by Gasteiger charge is -2.09. The molecule has 0 radical (unpaired) electrons. The Balaban J connectivity index is 3.18. The monoisotopic (exact) mass is 256 g/mol. The van der Waals surface area contributed by atoms with Crippen LogP contribution in [-0.4, -0.2) is 14.7 Å². The molecule has 1 aromatic carbocycles. The van der Waals surface area contributed by atoms with Crippen LogP contribution >= 0.6 is 0 Å². The molecule has 0 amide bonds. The second-order valence-corrected chi connectivity index (χ2v) is 5.52. The van der Waals surface area contributed by atoms with Crippen LogP contribution in [0.3, 0.4) is 0 Å². The van der Waals surface area contributed by atoms with Gasteiger partial charge in [-0.2, -0.15) is 13.2 Å². The Bertz CT molecular complexity index is 491. The number of sulfone groups is 1. The molecular weight excluding hydrogens is 248 g/mol. The maximum absolute atomic E-state index is 12.8. The molecule has 1 aromatic rings. The SMILES string of the molecule is CS(=O)(=O)Cc1ccc(F)c(C(F)(F)F)c1. The van der Waals surface area contributed by atoms with Crippen molar-refractivity contribution in [1.82, 2.24) is 0 Å². The van der Waals surface area contributed by atoms with E-state index in [1.165, 1.54) is 0 Å². The predicted octanol–water partition coefficient (Wildman–Crippen LogP) is 2.39. The number of hydrogen-bond donors (Lipinski definition) is 0. The highest BCUT2D eigenvalue weighted by Crippen LogP contribution is 2.32. The van der Waals surface area contributed by atoms with Gasteiger partial charge in [-0.25, -0.2) is 12.8 Å². The first-order chi connectivity index (χ1) is 7.09. The second kappa shape index (κ2) is 4.04. The van der Waals surface area contributed by atoms with E-state index in [9.17, 15) is 26.0 Å². The zero-order valence-electron chi connectivity index (χ0n) is 8.18. The molecule has 90 valence electrons. The van der Waals surface area contributed by atoms with E-state index in [0.717, 1.165) is 12.3 Å². The number of alkyl halides is 3. The molecule has 0 saturated carbocycles. The number of hydrogen-bond acceptors (Lipinski definition) is 2. The van der Waals surface area contributed by atoms with Crippen LogP contribution in [0.2, 0.25) is 0 Å². The highest BCUT2D eigenvalue weighted by molar-refractivity contribution is 7.89. The van der Waals surface area contributed by atoms with Gasteiger partial charge in [0.15, 0.2) is 9.84 Å². The summed E-state index contributed by atoms with van der Waals surface area (Å²) < 4.78 is 71.4. The van der Waals surface area contributed by atoms with Crippen molar-refractivity contribution in [2.75, 3.05) is 6.26 Å². The van der Waals surface area contributed by atoms with E-state index in [-0.39, 0.29) is 5.56 Å². The smallest absolute Gasteiger partial charge is 0.229 e. The highest BCUT2D eigenvalue weighted by atomic mass is 32.2. The Labute approximate surface area is 89.8 Å². The third-order valence-electron chi connectivity index (χ3n) is 1.77. The summed E-state index contributed by atoms with van der Waals surface area (Å²) in [6, 6.07) is 2.14. The van der Waals surface area contributed by atoms with Gasteiger partial charge in [0, 0.05) is 6.26 Å². The fraction of sp³-hybridized carbons (Fsp3) is 0.333. The maximum Gasteiger partial charge on any atom is 0.419 e. The van der Waals surface area contributed by atoms with E-state index in [0.29, 0.717) is 12.1 Å². The van der Waals surface area contributed by atoms with Crippen molar-refractivity contribution in [1.29, 1.82) is 0 Å². The average Bonchev–Trinajstić information content (AvgIpc) is 2.04. The van der Waals surface area contributed by atoms with E-state index < -0.39 is 33.1 Å². The van der Waals surface area contributed by atoms with Gasteiger partial charge in [-0.1, -0.05) is 6.07 Å². The lowest BCUT2D eigenvalue weighted by Crippen LogP contribution is -2.10. The lowest BCUT2D eigenvalue weighted by atomic mass is 10.1. The van der Waals surface area contributed by atoms with Gasteiger partial charge in [0.25, 0.3) is 0 Å². The van der Waals surface area contributed by atoms with Gasteiger partial charge in [0.05, 0.1) is 11.3 Å². The van der Waals surface area contributed by atoms with Crippen LogP contribution in [0.5, 0.6) is 0 Å². The summed E-state index contributed by atoms with van der Waals surface area (Å²) in [5.74, 6) is -1.96. The summed E-state index contributed by atoms with van der Waals surface area (Å²) >= 11 is 0. The molecule has 16 heavy (non-hydrogen) atoms. The summed E-state index contributed by atoms with van der Waals surface area (Å²) in [4.78, 5) is 0. The molecule has 0 N–H and O–H groups in total. The van der Waals surface area contributed by atoms with E-state index in [2.05, 4.69) is 0 Å². The van der Waals surface area contributed by atoms with Gasteiger partial charge in [-0.15, -0.1) is 0 Å². The van der Waals surface area contributed by atoms with Crippen molar-refractivity contribution >= 4 is 9.84 Å². The van der Waals surface area contributed by atoms with E-state index >= 15 is 0 Å². The average molecular weight is 256 g/mol. The van der Waals surface area contributed by atoms with Crippen molar-refractivity contribution in [2.45, 2.75) is 11.9 Å². The van der Waals surface area contributed by atoms with Crippen molar-refractivity contribution in [3.63, 3.8) is 0 Å². The van der Waals surface area contributed by atoms with E-state index in [1.807, 2.05) is 0 Å². The standard InChI is InChI=1S/C9H8F4O2S/c1-16(14,15)5-6-2-3-8(10)7(4-6)9(11,12)13/h2-4H,5H2,1H3. The van der Waals surface area contributed by atoms with Crippen LogP contribution < -0.4 is 0 Å². The Morgan fingerprint density at radius 2 is 1.81 bits per heavy atom. The first-order valence-electron chi connectivity index (χ1n) is 4.13. The molecule has 0 aliphatic rings. The minimum Gasteiger partial charge on any atom is -0.229 e. The van der Waals surface area contributed by atoms with Crippen LogP contribution in [-0.2, 0) is 21.8 Å². The maximum atomic E-state index is 12.8. The fourth-order valence-corrected chi connectivity index (χ4v) is 1.97. The topological polar surface area (TPSA) is 34.1 Å². The second-order valence-electron chi connectivity index (χ2n) is 3.38. The van der Waals surface area contributed by atoms with Gasteiger partial charge in [0.2, 0.25) is 0 Å². The predicted molar refractivity (Wildman–Crippen MR) is 49.9 cm³/mol. The van der Waals surface area contributed by atoms with Crippen molar-refractivity contribution in [3.8, 4) is 0 Å². The zero-order chi connectivity index (χ0) is 12.6. The molecule has 0 aliphatic heterocycles. The van der Waals surface area contributed by atoms with Gasteiger partial charge < -0.3 is 0 Å². The van der Waals surface area contributed by atoms with Gasteiger partial charge in [-0.05, 0) is 17.7 Å². The van der Waals surface area contributed by atoms with Gasteiger partial charge in [-0.3, -0.25) is 0 Å². The minimum atomic E-state index is -4.82. The molecule has 0 unspecified atom stereocenters. The van der Waals surface area contributed by atoms with Crippen LogP contribution in [0, 0.1) is 5.82 Å². The molecule has 0 aliphatic carbocycles. The summed E-state index contributed by atoms with van der Waals surface area (Å²) in [6.45, 7) is 0. The Hall–Kier alpha value is -1.11. The first kappa shape index (κ1) is 13.0.